The Morgan fingerprint density at radius 2 is 1.88 bits per heavy atom. The van der Waals surface area contributed by atoms with Gasteiger partial charge in [0.1, 0.15) is 0 Å². The van der Waals surface area contributed by atoms with Crippen LogP contribution in [0, 0.1) is 27.7 Å². The topological polar surface area (TPSA) is 75.5 Å². The second kappa shape index (κ2) is 7.48. The molecule has 1 aliphatic heterocycles. The van der Waals surface area contributed by atoms with E-state index in [-0.39, 0.29) is 23.9 Å². The first-order valence-electron chi connectivity index (χ1n) is 11.1. The van der Waals surface area contributed by atoms with Gasteiger partial charge in [-0.25, -0.2) is 4.79 Å². The minimum absolute atomic E-state index is 0.147. The number of hydrogen-bond acceptors (Lipinski definition) is 4. The Bertz CT molecular complexity index is 1480. The molecule has 8 nitrogen and oxygen atoms in total. The van der Waals surface area contributed by atoms with Crippen LogP contribution in [0.15, 0.2) is 27.8 Å². The van der Waals surface area contributed by atoms with Crippen molar-refractivity contribution >= 4 is 16.9 Å². The molecular formula is C24H29N5O3. The highest BCUT2D eigenvalue weighted by Gasteiger charge is 2.25. The fourth-order valence-electron chi connectivity index (χ4n) is 4.81. The van der Waals surface area contributed by atoms with Crippen molar-refractivity contribution in [1.82, 2.24) is 23.1 Å². The molecule has 3 aromatic heterocycles. The molecule has 0 saturated carbocycles. The van der Waals surface area contributed by atoms with Crippen molar-refractivity contribution in [2.45, 2.75) is 59.7 Å². The first kappa shape index (κ1) is 20.8. The quantitative estimate of drug-likeness (QED) is 0.494. The third-order valence-electron chi connectivity index (χ3n) is 6.87. The molecule has 0 unspecified atom stereocenters. The van der Waals surface area contributed by atoms with Gasteiger partial charge in [-0.05, 0) is 51.7 Å². The van der Waals surface area contributed by atoms with Crippen LogP contribution in [0.25, 0.3) is 16.9 Å². The number of imidazole rings is 2. The lowest BCUT2D eigenvalue weighted by Crippen LogP contribution is -2.39. The molecule has 0 aliphatic carbocycles. The predicted octanol–water partition coefficient (Wildman–Crippen LogP) is 2.61. The minimum atomic E-state index is -0.357. The highest BCUT2D eigenvalue weighted by atomic mass is 16.5. The molecule has 5 rings (SSSR count). The Kier molecular flexibility index (Phi) is 4.85. The maximum Gasteiger partial charge on any atom is 0.332 e. The molecule has 168 valence electrons. The SMILES string of the molecule is Cc1ccc(C)c(Cn2c(=O)c3c(nc4n(C[C@H]5CCCO5)c(C)c(C)n34)n(C)c2=O)c1. The van der Waals surface area contributed by atoms with E-state index in [2.05, 4.69) is 4.57 Å². The summed E-state index contributed by atoms with van der Waals surface area (Å²) in [7, 11) is 1.68. The summed E-state index contributed by atoms with van der Waals surface area (Å²) in [5.41, 5.74) is 5.31. The molecule has 32 heavy (non-hydrogen) atoms. The first-order valence-corrected chi connectivity index (χ1v) is 11.1. The predicted molar refractivity (Wildman–Crippen MR) is 124 cm³/mol. The van der Waals surface area contributed by atoms with Gasteiger partial charge in [-0.3, -0.25) is 18.3 Å². The zero-order chi connectivity index (χ0) is 22.7. The summed E-state index contributed by atoms with van der Waals surface area (Å²) in [4.78, 5) is 31.6. The third kappa shape index (κ3) is 3.04. The summed E-state index contributed by atoms with van der Waals surface area (Å²) >= 11 is 0. The summed E-state index contributed by atoms with van der Waals surface area (Å²) in [5, 5.41) is 0. The van der Waals surface area contributed by atoms with Gasteiger partial charge in [-0.1, -0.05) is 23.8 Å². The summed E-state index contributed by atoms with van der Waals surface area (Å²) in [6.07, 6.45) is 2.23. The van der Waals surface area contributed by atoms with Gasteiger partial charge in [0.2, 0.25) is 5.78 Å². The van der Waals surface area contributed by atoms with Crippen molar-refractivity contribution in [3.05, 3.63) is 67.1 Å². The third-order valence-corrected chi connectivity index (χ3v) is 6.87. The standard InChI is InChI=1S/C24H29N5O3/c1-14-8-9-15(2)18(11-14)12-28-22(30)20-21(26(5)24(28)31)25-23-27(13-19-7-6-10-32-19)16(3)17(4)29(20)23/h8-9,11,19H,6-7,10,12-13H2,1-5H3/t19-/m1/s1. The van der Waals surface area contributed by atoms with Crippen molar-refractivity contribution in [2.24, 2.45) is 7.05 Å². The first-order chi connectivity index (χ1) is 15.3. The number of aromatic nitrogens is 5. The van der Waals surface area contributed by atoms with Gasteiger partial charge in [0.25, 0.3) is 5.56 Å². The average Bonchev–Trinajstić information content (AvgIpc) is 3.47. The number of hydrogen-bond donors (Lipinski definition) is 0. The number of rotatable bonds is 4. The van der Waals surface area contributed by atoms with E-state index in [0.717, 1.165) is 47.5 Å². The van der Waals surface area contributed by atoms with Crippen LogP contribution < -0.4 is 11.2 Å². The van der Waals surface area contributed by atoms with Crippen LogP contribution in [-0.2, 0) is 24.9 Å². The van der Waals surface area contributed by atoms with E-state index in [0.29, 0.717) is 23.5 Å². The molecule has 0 radical (unpaired) electrons. The number of benzene rings is 1. The van der Waals surface area contributed by atoms with E-state index in [1.54, 1.807) is 7.05 Å². The van der Waals surface area contributed by atoms with Crippen LogP contribution in [0.1, 0.15) is 40.9 Å². The Morgan fingerprint density at radius 3 is 2.59 bits per heavy atom. The molecule has 1 atom stereocenters. The number of ether oxygens (including phenoxy) is 1. The number of fused-ring (bicyclic) bond motifs is 3. The lowest BCUT2D eigenvalue weighted by Gasteiger charge is -2.12. The van der Waals surface area contributed by atoms with Crippen molar-refractivity contribution in [1.29, 1.82) is 0 Å². The molecule has 0 bridgehead atoms. The molecule has 1 fully saturated rings. The fourth-order valence-corrected chi connectivity index (χ4v) is 4.81. The second-order valence-electron chi connectivity index (χ2n) is 9.00. The molecule has 0 N–H and O–H groups in total. The van der Waals surface area contributed by atoms with E-state index in [9.17, 15) is 9.59 Å². The van der Waals surface area contributed by atoms with Crippen LogP contribution in [0.2, 0.25) is 0 Å². The Hall–Kier alpha value is -3.13. The largest absolute Gasteiger partial charge is 0.376 e. The lowest BCUT2D eigenvalue weighted by atomic mass is 10.1. The van der Waals surface area contributed by atoms with Crippen molar-refractivity contribution in [3.63, 3.8) is 0 Å². The van der Waals surface area contributed by atoms with Gasteiger partial charge in [0.05, 0.1) is 19.2 Å². The second-order valence-corrected chi connectivity index (χ2v) is 9.00. The summed E-state index contributed by atoms with van der Waals surface area (Å²) < 4.78 is 12.7. The van der Waals surface area contributed by atoms with Crippen LogP contribution in [0.3, 0.4) is 0 Å². The highest BCUT2D eigenvalue weighted by molar-refractivity contribution is 5.76. The highest BCUT2D eigenvalue weighted by Crippen LogP contribution is 2.23. The summed E-state index contributed by atoms with van der Waals surface area (Å²) in [6.45, 7) is 9.76. The van der Waals surface area contributed by atoms with Gasteiger partial charge in [-0.15, -0.1) is 0 Å². The minimum Gasteiger partial charge on any atom is -0.376 e. The van der Waals surface area contributed by atoms with Gasteiger partial charge in [0, 0.05) is 25.0 Å². The zero-order valence-corrected chi connectivity index (χ0v) is 19.3. The summed E-state index contributed by atoms with van der Waals surface area (Å²) in [6, 6.07) is 6.09. The van der Waals surface area contributed by atoms with Crippen molar-refractivity contribution in [3.8, 4) is 0 Å². The maximum absolute atomic E-state index is 13.6. The lowest BCUT2D eigenvalue weighted by molar-refractivity contribution is 0.0974. The number of aryl methyl sites for hydroxylation is 4. The van der Waals surface area contributed by atoms with Crippen LogP contribution in [0.5, 0.6) is 0 Å². The van der Waals surface area contributed by atoms with Gasteiger partial charge >= 0.3 is 5.69 Å². The van der Waals surface area contributed by atoms with Gasteiger partial charge < -0.3 is 9.30 Å². The Balaban J connectivity index is 1.74. The van der Waals surface area contributed by atoms with Crippen LogP contribution in [-0.4, -0.2) is 35.8 Å². The molecule has 1 aromatic carbocycles. The van der Waals surface area contributed by atoms with E-state index in [1.165, 1.54) is 9.13 Å². The normalized spacial score (nSPS) is 16.6. The Labute approximate surface area is 185 Å². The summed E-state index contributed by atoms with van der Waals surface area (Å²) in [5.74, 6) is 0.682. The van der Waals surface area contributed by atoms with Crippen molar-refractivity contribution < 1.29 is 4.74 Å². The molecule has 0 spiro atoms. The molecular weight excluding hydrogens is 406 g/mol. The van der Waals surface area contributed by atoms with Gasteiger partial charge in [-0.2, -0.15) is 4.98 Å². The molecule has 4 heterocycles. The van der Waals surface area contributed by atoms with Crippen molar-refractivity contribution in [2.75, 3.05) is 6.61 Å². The molecule has 8 heteroatoms. The molecule has 1 saturated heterocycles. The smallest absolute Gasteiger partial charge is 0.332 e. The fraction of sp³-hybridized carbons (Fsp3) is 0.458. The Morgan fingerprint density at radius 1 is 1.09 bits per heavy atom. The van der Waals surface area contributed by atoms with Crippen LogP contribution in [0.4, 0.5) is 0 Å². The maximum atomic E-state index is 13.6. The zero-order valence-electron chi connectivity index (χ0n) is 19.3. The van der Waals surface area contributed by atoms with E-state index in [4.69, 9.17) is 9.72 Å². The number of nitrogens with zero attached hydrogens (tertiary/aromatic N) is 5. The van der Waals surface area contributed by atoms with E-state index >= 15 is 0 Å². The van der Waals surface area contributed by atoms with E-state index in [1.807, 2.05) is 50.3 Å². The van der Waals surface area contributed by atoms with Gasteiger partial charge in [0.15, 0.2) is 11.2 Å². The molecule has 1 aliphatic rings. The van der Waals surface area contributed by atoms with Crippen LogP contribution >= 0.6 is 0 Å². The van der Waals surface area contributed by atoms with E-state index < -0.39 is 0 Å². The molecule has 0 amide bonds. The monoisotopic (exact) mass is 435 g/mol. The average molecular weight is 436 g/mol. The molecule has 4 aromatic rings.